The topological polar surface area (TPSA) is 84.9 Å². The normalized spacial score (nSPS) is 15.1. The summed E-state index contributed by atoms with van der Waals surface area (Å²) in [5.41, 5.74) is -0.208. The molecule has 1 heterocycles. The van der Waals surface area contributed by atoms with Gasteiger partial charge in [0.25, 0.3) is 15.9 Å². The van der Waals surface area contributed by atoms with E-state index in [-0.39, 0.29) is 34.3 Å². The van der Waals surface area contributed by atoms with E-state index < -0.39 is 27.9 Å². The van der Waals surface area contributed by atoms with Gasteiger partial charge in [-0.2, -0.15) is 0 Å². The first kappa shape index (κ1) is 22.9. The van der Waals surface area contributed by atoms with Crippen LogP contribution < -0.4 is 14.2 Å². The molecule has 1 aliphatic rings. The Labute approximate surface area is 195 Å². The first-order valence-corrected chi connectivity index (χ1v) is 11.8. The molecule has 3 aromatic rings. The quantitative estimate of drug-likeness (QED) is 0.560. The van der Waals surface area contributed by atoms with E-state index in [1.807, 2.05) is 12.1 Å². The van der Waals surface area contributed by atoms with Crippen LogP contribution >= 0.6 is 11.6 Å². The maximum atomic E-state index is 13.9. The molecule has 33 heavy (non-hydrogen) atoms. The van der Waals surface area contributed by atoms with E-state index in [4.69, 9.17) is 21.1 Å². The molecule has 0 radical (unpaired) electrons. The molecule has 0 unspecified atom stereocenters. The van der Waals surface area contributed by atoms with Gasteiger partial charge < -0.3 is 14.4 Å². The molecule has 0 aromatic heterocycles. The monoisotopic (exact) mass is 490 g/mol. The Bertz CT molecular complexity index is 1300. The summed E-state index contributed by atoms with van der Waals surface area (Å²) in [7, 11) is -2.60. The summed E-state index contributed by atoms with van der Waals surface area (Å²) in [4.78, 5) is 14.2. The molecule has 0 aliphatic carbocycles. The van der Waals surface area contributed by atoms with Crippen molar-refractivity contribution in [1.82, 2.24) is 4.90 Å². The number of nitrogens with zero attached hydrogens (tertiary/aromatic N) is 1. The van der Waals surface area contributed by atoms with Gasteiger partial charge in [-0.15, -0.1) is 0 Å². The van der Waals surface area contributed by atoms with E-state index >= 15 is 0 Å². The molecule has 0 saturated carbocycles. The van der Waals surface area contributed by atoms with Crippen molar-refractivity contribution < 1.29 is 27.1 Å². The second-order valence-corrected chi connectivity index (χ2v) is 9.50. The van der Waals surface area contributed by atoms with Gasteiger partial charge in [0.15, 0.2) is 17.6 Å². The molecule has 1 amide bonds. The molecule has 172 valence electrons. The number of likely N-dealkylation sites (N-methyl/N-ethyl adjacent to an activating group) is 1. The highest BCUT2D eigenvalue weighted by atomic mass is 35.5. The maximum Gasteiger partial charge on any atom is 0.262 e. The number of anilines is 1. The zero-order valence-corrected chi connectivity index (χ0v) is 19.1. The van der Waals surface area contributed by atoms with Crippen LogP contribution in [0.2, 0.25) is 5.02 Å². The smallest absolute Gasteiger partial charge is 0.262 e. The number of halogens is 2. The van der Waals surface area contributed by atoms with Crippen LogP contribution in [0.5, 0.6) is 11.5 Å². The summed E-state index contributed by atoms with van der Waals surface area (Å²) in [5.74, 6) is -0.00118. The zero-order valence-electron chi connectivity index (χ0n) is 17.5. The van der Waals surface area contributed by atoms with Crippen LogP contribution in [-0.2, 0) is 10.0 Å². The molecule has 0 spiro atoms. The van der Waals surface area contributed by atoms with Crippen molar-refractivity contribution in [2.75, 3.05) is 24.9 Å². The Morgan fingerprint density at radius 2 is 1.82 bits per heavy atom. The van der Waals surface area contributed by atoms with Crippen LogP contribution in [0.3, 0.4) is 0 Å². The maximum absolute atomic E-state index is 13.9. The molecular formula is C23H20ClFN2O5S. The fourth-order valence-corrected chi connectivity index (χ4v) is 4.62. The van der Waals surface area contributed by atoms with Crippen molar-refractivity contribution in [1.29, 1.82) is 0 Å². The van der Waals surface area contributed by atoms with E-state index in [1.54, 1.807) is 19.2 Å². The van der Waals surface area contributed by atoms with Gasteiger partial charge in [-0.05, 0) is 42.5 Å². The number of para-hydroxylation sites is 3. The van der Waals surface area contributed by atoms with Gasteiger partial charge >= 0.3 is 0 Å². The fraction of sp³-hybridized carbons (Fsp3) is 0.174. The number of hydrogen-bond acceptors (Lipinski definition) is 5. The molecule has 1 aliphatic heterocycles. The van der Waals surface area contributed by atoms with E-state index in [1.165, 1.54) is 35.2 Å². The second-order valence-electron chi connectivity index (χ2n) is 7.41. The molecule has 10 heteroatoms. The van der Waals surface area contributed by atoms with Crippen LogP contribution in [0, 0.1) is 5.82 Å². The van der Waals surface area contributed by atoms with E-state index in [0.717, 1.165) is 12.1 Å². The molecule has 4 rings (SSSR count). The number of ether oxygens (including phenoxy) is 2. The highest BCUT2D eigenvalue weighted by Gasteiger charge is 2.26. The van der Waals surface area contributed by atoms with Gasteiger partial charge in [-0.25, -0.2) is 12.8 Å². The van der Waals surface area contributed by atoms with Crippen molar-refractivity contribution in [3.63, 3.8) is 0 Å². The summed E-state index contributed by atoms with van der Waals surface area (Å²) in [6, 6.07) is 16.3. The molecule has 0 fully saturated rings. The predicted molar refractivity (Wildman–Crippen MR) is 122 cm³/mol. The summed E-state index contributed by atoms with van der Waals surface area (Å²) < 4.78 is 53.2. The minimum absolute atomic E-state index is 0.00676. The number of carbonyl (C=O) groups excluding carboxylic acids is 1. The standard InChI is InChI=1S/C23H20ClFN2O5S/c1-27(13-15-14-31-21-8-4-5-9-22(21)32-15)23(28)17-12-16(10-11-18(17)24)33(29,30)26-20-7-3-2-6-19(20)25/h2-12,15,26H,13-14H2,1H3/t15-/m0/s1. The Balaban J connectivity index is 1.51. The predicted octanol–water partition coefficient (Wildman–Crippen LogP) is 4.19. The SMILES string of the molecule is CN(C[C@H]1COc2ccccc2O1)C(=O)c1cc(S(=O)(=O)Nc2ccccc2F)ccc1Cl. The number of amides is 1. The van der Waals surface area contributed by atoms with Crippen molar-refractivity contribution >= 4 is 33.2 Å². The first-order chi connectivity index (χ1) is 15.7. The van der Waals surface area contributed by atoms with E-state index in [0.29, 0.717) is 11.5 Å². The highest BCUT2D eigenvalue weighted by molar-refractivity contribution is 7.92. The molecule has 0 saturated heterocycles. The summed E-state index contributed by atoms with van der Waals surface area (Å²) >= 11 is 6.20. The summed E-state index contributed by atoms with van der Waals surface area (Å²) in [6.45, 7) is 0.442. The van der Waals surface area contributed by atoms with Crippen LogP contribution in [0.1, 0.15) is 10.4 Å². The van der Waals surface area contributed by atoms with Crippen molar-refractivity contribution in [2.24, 2.45) is 0 Å². The highest BCUT2D eigenvalue weighted by Crippen LogP contribution is 2.31. The van der Waals surface area contributed by atoms with Crippen molar-refractivity contribution in [3.05, 3.63) is 83.1 Å². The van der Waals surface area contributed by atoms with Crippen LogP contribution in [-0.4, -0.2) is 45.5 Å². The van der Waals surface area contributed by atoms with Gasteiger partial charge in [0.2, 0.25) is 0 Å². The number of fused-ring (bicyclic) bond motifs is 1. The lowest BCUT2D eigenvalue weighted by molar-refractivity contribution is 0.0521. The minimum Gasteiger partial charge on any atom is -0.486 e. The largest absolute Gasteiger partial charge is 0.486 e. The number of hydrogen-bond donors (Lipinski definition) is 1. The molecule has 7 nitrogen and oxygen atoms in total. The van der Waals surface area contributed by atoms with Gasteiger partial charge in [0.1, 0.15) is 12.4 Å². The van der Waals surface area contributed by atoms with Crippen LogP contribution in [0.4, 0.5) is 10.1 Å². The summed E-state index contributed by atoms with van der Waals surface area (Å²) in [6.07, 6.45) is -0.415. The van der Waals surface area contributed by atoms with E-state index in [9.17, 15) is 17.6 Å². The average molecular weight is 491 g/mol. The molecule has 0 bridgehead atoms. The Kier molecular flexibility index (Phi) is 6.44. The lowest BCUT2D eigenvalue weighted by atomic mass is 10.2. The van der Waals surface area contributed by atoms with Crippen molar-refractivity contribution in [3.8, 4) is 11.5 Å². The zero-order chi connectivity index (χ0) is 23.6. The van der Waals surface area contributed by atoms with Crippen molar-refractivity contribution in [2.45, 2.75) is 11.0 Å². The summed E-state index contributed by atoms with van der Waals surface area (Å²) in [5, 5.41) is 0.0860. The molecule has 1 atom stereocenters. The fourth-order valence-electron chi connectivity index (χ4n) is 3.33. The Hall–Kier alpha value is -3.30. The van der Waals surface area contributed by atoms with Crippen LogP contribution in [0.25, 0.3) is 0 Å². The lowest BCUT2D eigenvalue weighted by Crippen LogP contribution is -2.41. The third kappa shape index (κ3) is 5.04. The lowest BCUT2D eigenvalue weighted by Gasteiger charge is -2.29. The average Bonchev–Trinajstić information content (AvgIpc) is 2.80. The van der Waals surface area contributed by atoms with Gasteiger partial charge in [0.05, 0.1) is 27.7 Å². The first-order valence-electron chi connectivity index (χ1n) is 9.95. The van der Waals surface area contributed by atoms with Gasteiger partial charge in [-0.3, -0.25) is 9.52 Å². The van der Waals surface area contributed by atoms with Gasteiger partial charge in [-0.1, -0.05) is 35.9 Å². The van der Waals surface area contributed by atoms with Crippen LogP contribution in [0.15, 0.2) is 71.6 Å². The third-order valence-electron chi connectivity index (χ3n) is 4.99. The number of benzene rings is 3. The Morgan fingerprint density at radius 1 is 1.12 bits per heavy atom. The molecule has 3 aromatic carbocycles. The number of carbonyl (C=O) groups is 1. The second kappa shape index (κ2) is 9.29. The molecular weight excluding hydrogens is 471 g/mol. The molecule has 1 N–H and O–H groups in total. The number of nitrogens with one attached hydrogen (secondary N) is 1. The Morgan fingerprint density at radius 3 is 2.58 bits per heavy atom. The number of sulfonamides is 1. The minimum atomic E-state index is -4.16. The third-order valence-corrected chi connectivity index (χ3v) is 6.68. The van der Waals surface area contributed by atoms with E-state index in [2.05, 4.69) is 4.72 Å². The van der Waals surface area contributed by atoms with Gasteiger partial charge in [0, 0.05) is 7.05 Å². The number of rotatable bonds is 6.